The summed E-state index contributed by atoms with van der Waals surface area (Å²) in [5.41, 5.74) is -0.101. The van der Waals surface area contributed by atoms with Crippen LogP contribution in [0.5, 0.6) is 23.0 Å². The smallest absolute Gasteiger partial charge is 0.229 e. The van der Waals surface area contributed by atoms with Crippen LogP contribution < -0.4 is 14.9 Å². The Morgan fingerprint density at radius 1 is 0.970 bits per heavy atom. The molecule has 2 heterocycles. The van der Waals surface area contributed by atoms with E-state index in [0.29, 0.717) is 5.56 Å². The minimum Gasteiger partial charge on any atom is -0.504 e. The van der Waals surface area contributed by atoms with Gasteiger partial charge in [-0.25, -0.2) is 0 Å². The average Bonchev–Trinajstić information content (AvgIpc) is 2.81. The Hall–Kier alpha value is -3.35. The van der Waals surface area contributed by atoms with E-state index in [2.05, 4.69) is 0 Å². The molecule has 0 saturated carbocycles. The molecule has 1 aromatic heterocycles. The van der Waals surface area contributed by atoms with Gasteiger partial charge in [-0.15, -0.1) is 0 Å². The van der Waals surface area contributed by atoms with Gasteiger partial charge in [-0.05, 0) is 24.3 Å². The number of fused-ring (bicyclic) bond motifs is 1. The molecule has 1 saturated heterocycles. The fourth-order valence-corrected chi connectivity index (χ4v) is 3.56. The average molecular weight is 462 g/mol. The van der Waals surface area contributed by atoms with Crippen LogP contribution in [0.1, 0.15) is 0 Å². The highest BCUT2D eigenvalue weighted by Crippen LogP contribution is 2.41. The van der Waals surface area contributed by atoms with Crippen molar-refractivity contribution in [3.63, 3.8) is 0 Å². The molecular formula is C22H22O11. The molecule has 11 nitrogen and oxygen atoms in total. The number of hydrogen-bond acceptors (Lipinski definition) is 11. The molecule has 0 bridgehead atoms. The number of rotatable bonds is 5. The minimum atomic E-state index is -1.57. The Labute approximate surface area is 186 Å². The third kappa shape index (κ3) is 4.08. The molecular weight excluding hydrogens is 440 g/mol. The maximum atomic E-state index is 12.5. The summed E-state index contributed by atoms with van der Waals surface area (Å²) < 4.78 is 21.5. The van der Waals surface area contributed by atoms with E-state index in [0.717, 1.165) is 6.07 Å². The van der Waals surface area contributed by atoms with Crippen molar-refractivity contribution in [2.24, 2.45) is 0 Å². The molecule has 5 unspecified atom stereocenters. The van der Waals surface area contributed by atoms with E-state index >= 15 is 0 Å². The molecule has 0 amide bonds. The number of aliphatic hydroxyl groups is 4. The lowest BCUT2D eigenvalue weighted by Crippen LogP contribution is -2.60. The van der Waals surface area contributed by atoms with Crippen LogP contribution in [0.4, 0.5) is 0 Å². The van der Waals surface area contributed by atoms with Crippen LogP contribution in [0.2, 0.25) is 0 Å². The number of benzene rings is 2. The lowest BCUT2D eigenvalue weighted by Gasteiger charge is -2.39. The van der Waals surface area contributed by atoms with Crippen LogP contribution in [-0.2, 0) is 4.74 Å². The molecule has 0 aliphatic carbocycles. The number of aliphatic hydroxyl groups excluding tert-OH is 4. The van der Waals surface area contributed by atoms with Gasteiger partial charge >= 0.3 is 0 Å². The van der Waals surface area contributed by atoms with Crippen LogP contribution in [0.3, 0.4) is 0 Å². The second-order valence-corrected chi connectivity index (χ2v) is 7.46. The standard InChI is InChI=1S/C22H22O11/c1-30-14-7-13-16(19(27)17(14)25)11(24)6-12(32-13)9-2-4-10(5-3-9)31-22-21(29)20(28)18(26)15(8-23)33-22/h2-7,15,18,20-23,25-29H,8H2,1H3. The number of ether oxygens (including phenoxy) is 3. The predicted molar refractivity (Wildman–Crippen MR) is 112 cm³/mol. The fourth-order valence-electron chi connectivity index (χ4n) is 3.56. The molecule has 176 valence electrons. The van der Waals surface area contributed by atoms with Crippen molar-refractivity contribution in [1.29, 1.82) is 0 Å². The van der Waals surface area contributed by atoms with Crippen LogP contribution in [0.15, 0.2) is 45.6 Å². The molecule has 0 spiro atoms. The molecule has 5 atom stereocenters. The first-order valence-electron chi connectivity index (χ1n) is 9.89. The normalized spacial score (nSPS) is 25.2. The summed E-state index contributed by atoms with van der Waals surface area (Å²) in [5, 5.41) is 58.9. The van der Waals surface area contributed by atoms with Crippen molar-refractivity contribution in [1.82, 2.24) is 0 Å². The first-order valence-corrected chi connectivity index (χ1v) is 9.89. The van der Waals surface area contributed by atoms with E-state index in [1.165, 1.54) is 25.3 Å². The number of aromatic hydroxyl groups is 2. The predicted octanol–water partition coefficient (Wildman–Crippen LogP) is 0.0585. The van der Waals surface area contributed by atoms with Crippen LogP contribution in [-0.4, -0.2) is 75.1 Å². The summed E-state index contributed by atoms with van der Waals surface area (Å²) in [6, 6.07) is 8.54. The molecule has 1 fully saturated rings. The summed E-state index contributed by atoms with van der Waals surface area (Å²) in [6.07, 6.45) is -7.07. The van der Waals surface area contributed by atoms with E-state index in [1.54, 1.807) is 12.1 Å². The molecule has 6 N–H and O–H groups in total. The quantitative estimate of drug-likeness (QED) is 0.282. The first kappa shape index (κ1) is 22.8. The summed E-state index contributed by atoms with van der Waals surface area (Å²) in [5.74, 6) is -0.884. The van der Waals surface area contributed by atoms with Gasteiger partial charge < -0.3 is 49.3 Å². The van der Waals surface area contributed by atoms with E-state index in [1.807, 2.05) is 0 Å². The second kappa shape index (κ2) is 8.89. The molecule has 1 aliphatic heterocycles. The molecule has 11 heteroatoms. The zero-order valence-electron chi connectivity index (χ0n) is 17.3. The Bertz CT molecular complexity index is 1200. The van der Waals surface area contributed by atoms with Crippen LogP contribution >= 0.6 is 0 Å². The van der Waals surface area contributed by atoms with Crippen LogP contribution in [0.25, 0.3) is 22.3 Å². The Morgan fingerprint density at radius 3 is 2.30 bits per heavy atom. The molecule has 4 rings (SSSR count). The molecule has 0 radical (unpaired) electrons. The topological polar surface area (TPSA) is 179 Å². The number of phenols is 2. The SMILES string of the molecule is COc1cc2oc(-c3ccc(OC4OC(CO)C(O)C(O)C4O)cc3)cc(=O)c2c(O)c1O. The van der Waals surface area contributed by atoms with Crippen molar-refractivity contribution < 1.29 is 49.3 Å². The zero-order valence-corrected chi connectivity index (χ0v) is 17.3. The van der Waals surface area contributed by atoms with Gasteiger partial charge in [-0.2, -0.15) is 0 Å². The van der Waals surface area contributed by atoms with Gasteiger partial charge in [0.15, 0.2) is 16.9 Å². The number of hydrogen-bond donors (Lipinski definition) is 6. The maximum Gasteiger partial charge on any atom is 0.229 e. The highest BCUT2D eigenvalue weighted by Gasteiger charge is 2.44. The van der Waals surface area contributed by atoms with Gasteiger partial charge in [0.05, 0.1) is 13.7 Å². The van der Waals surface area contributed by atoms with E-state index in [9.17, 15) is 35.4 Å². The zero-order chi connectivity index (χ0) is 23.9. The lowest BCUT2D eigenvalue weighted by atomic mass is 9.99. The van der Waals surface area contributed by atoms with Crippen molar-refractivity contribution in [2.75, 3.05) is 13.7 Å². The van der Waals surface area contributed by atoms with E-state index < -0.39 is 54.2 Å². The summed E-state index contributed by atoms with van der Waals surface area (Å²) in [4.78, 5) is 12.5. The van der Waals surface area contributed by atoms with E-state index in [4.69, 9.17) is 18.6 Å². The lowest BCUT2D eigenvalue weighted by molar-refractivity contribution is -0.277. The minimum absolute atomic E-state index is 0.00583. The van der Waals surface area contributed by atoms with Gasteiger partial charge in [-0.1, -0.05) is 0 Å². The third-order valence-corrected chi connectivity index (χ3v) is 5.39. The van der Waals surface area contributed by atoms with Gasteiger partial charge in [0.25, 0.3) is 0 Å². The summed E-state index contributed by atoms with van der Waals surface area (Å²) in [7, 11) is 1.29. The van der Waals surface area contributed by atoms with Crippen molar-refractivity contribution in [3.8, 4) is 34.3 Å². The van der Waals surface area contributed by atoms with Gasteiger partial charge in [0.1, 0.15) is 46.9 Å². The maximum absolute atomic E-state index is 12.5. The Balaban J connectivity index is 1.61. The van der Waals surface area contributed by atoms with Crippen molar-refractivity contribution in [2.45, 2.75) is 30.7 Å². The fraction of sp³-hybridized carbons (Fsp3) is 0.318. The molecule has 33 heavy (non-hydrogen) atoms. The number of methoxy groups -OCH3 is 1. The number of phenolic OH excluding ortho intramolecular Hbond substituents is 2. The first-order chi connectivity index (χ1) is 15.7. The molecule has 1 aliphatic rings. The third-order valence-electron chi connectivity index (χ3n) is 5.39. The van der Waals surface area contributed by atoms with Gasteiger partial charge in [0.2, 0.25) is 12.0 Å². The molecule has 2 aromatic carbocycles. The van der Waals surface area contributed by atoms with E-state index in [-0.39, 0.29) is 28.2 Å². The van der Waals surface area contributed by atoms with Crippen molar-refractivity contribution >= 4 is 11.0 Å². The van der Waals surface area contributed by atoms with Gasteiger partial charge in [0, 0.05) is 17.7 Å². The summed E-state index contributed by atoms with van der Waals surface area (Å²) >= 11 is 0. The summed E-state index contributed by atoms with van der Waals surface area (Å²) in [6.45, 7) is -0.581. The van der Waals surface area contributed by atoms with Gasteiger partial charge in [-0.3, -0.25) is 4.79 Å². The highest BCUT2D eigenvalue weighted by molar-refractivity contribution is 5.89. The molecule has 3 aromatic rings. The second-order valence-electron chi connectivity index (χ2n) is 7.46. The highest BCUT2D eigenvalue weighted by atomic mass is 16.7. The Morgan fingerprint density at radius 2 is 1.67 bits per heavy atom. The van der Waals surface area contributed by atoms with Crippen LogP contribution in [0, 0.1) is 0 Å². The monoisotopic (exact) mass is 462 g/mol. The van der Waals surface area contributed by atoms with Crippen molar-refractivity contribution in [3.05, 3.63) is 46.6 Å². The largest absolute Gasteiger partial charge is 0.504 e. The Kier molecular flexibility index (Phi) is 6.15.